The smallest absolute Gasteiger partial charge is 0.261 e. The first-order chi connectivity index (χ1) is 9.43. The first-order valence-electron chi connectivity index (χ1n) is 5.64. The number of fused-ring (bicyclic) bond motifs is 1. The molecule has 20 heavy (non-hydrogen) atoms. The van der Waals surface area contributed by atoms with Crippen LogP contribution in [0, 0.1) is 0 Å². The molecule has 0 saturated carbocycles. The minimum absolute atomic E-state index is 0.0534. The minimum Gasteiger partial charge on any atom is -0.338 e. The van der Waals surface area contributed by atoms with Crippen molar-refractivity contribution in [1.29, 1.82) is 0 Å². The number of nitrogens with zero attached hydrogens (tertiary/aromatic N) is 1. The number of aromatic amines is 1. The van der Waals surface area contributed by atoms with Gasteiger partial charge in [0.15, 0.2) is 0 Å². The number of imidazole rings is 1. The van der Waals surface area contributed by atoms with Crippen LogP contribution in [0.3, 0.4) is 0 Å². The molecule has 2 aromatic carbocycles. The van der Waals surface area contributed by atoms with E-state index in [1.54, 1.807) is 6.07 Å². The van der Waals surface area contributed by atoms with Gasteiger partial charge in [0.2, 0.25) is 0 Å². The number of rotatable bonds is 2. The molecule has 0 atom stereocenters. The van der Waals surface area contributed by atoms with E-state index in [0.29, 0.717) is 16.9 Å². The number of aromatic nitrogens is 2. The summed E-state index contributed by atoms with van der Waals surface area (Å²) in [5.74, 6) is 0.677. The van der Waals surface area contributed by atoms with E-state index in [0.717, 1.165) is 10.0 Å². The number of H-pyrrole nitrogens is 1. The van der Waals surface area contributed by atoms with Gasteiger partial charge < -0.3 is 4.98 Å². The molecule has 1 heterocycles. The van der Waals surface area contributed by atoms with Gasteiger partial charge >= 0.3 is 0 Å². The summed E-state index contributed by atoms with van der Waals surface area (Å²) in [6.45, 7) is 0. The fourth-order valence-electron chi connectivity index (χ4n) is 1.88. The summed E-state index contributed by atoms with van der Waals surface area (Å²) in [5.41, 5.74) is 2.23. The average molecular weight is 372 g/mol. The standard InChI is InChI=1S/C13H8BrClN2O2S/c14-9-3-1-8(2-4-9)13-16-11-6-5-10(20(15,18)19)7-12(11)17-13/h1-7H,(H,16,17). The Morgan fingerprint density at radius 1 is 1.10 bits per heavy atom. The van der Waals surface area contributed by atoms with E-state index < -0.39 is 9.05 Å². The Hall–Kier alpha value is -1.37. The lowest BCUT2D eigenvalue weighted by Crippen LogP contribution is -1.89. The molecule has 7 heteroatoms. The predicted octanol–water partition coefficient (Wildman–Crippen LogP) is 3.92. The van der Waals surface area contributed by atoms with Crippen molar-refractivity contribution in [2.45, 2.75) is 4.90 Å². The Kier molecular flexibility index (Phi) is 3.32. The Morgan fingerprint density at radius 3 is 2.45 bits per heavy atom. The lowest BCUT2D eigenvalue weighted by molar-refractivity contribution is 0.609. The van der Waals surface area contributed by atoms with Crippen LogP contribution in [0.4, 0.5) is 0 Å². The van der Waals surface area contributed by atoms with Crippen molar-refractivity contribution in [2.24, 2.45) is 0 Å². The first-order valence-corrected chi connectivity index (χ1v) is 8.74. The van der Waals surface area contributed by atoms with Crippen LogP contribution in [0.2, 0.25) is 0 Å². The molecule has 3 rings (SSSR count). The van der Waals surface area contributed by atoms with Crippen molar-refractivity contribution in [3.63, 3.8) is 0 Å². The molecule has 1 N–H and O–H groups in total. The van der Waals surface area contributed by atoms with Crippen molar-refractivity contribution >= 4 is 46.7 Å². The second-order valence-electron chi connectivity index (χ2n) is 4.21. The zero-order chi connectivity index (χ0) is 14.3. The second-order valence-corrected chi connectivity index (χ2v) is 7.69. The largest absolute Gasteiger partial charge is 0.338 e. The van der Waals surface area contributed by atoms with E-state index in [1.807, 2.05) is 24.3 Å². The lowest BCUT2D eigenvalue weighted by Gasteiger charge is -1.96. The molecule has 0 bridgehead atoms. The molecule has 0 amide bonds. The van der Waals surface area contributed by atoms with E-state index in [2.05, 4.69) is 25.9 Å². The summed E-state index contributed by atoms with van der Waals surface area (Å²) in [4.78, 5) is 7.57. The predicted molar refractivity (Wildman–Crippen MR) is 82.3 cm³/mol. The van der Waals surface area contributed by atoms with Crippen molar-refractivity contribution in [3.8, 4) is 11.4 Å². The van der Waals surface area contributed by atoms with Crippen LogP contribution < -0.4 is 0 Å². The molecule has 102 valence electrons. The average Bonchev–Trinajstić information content (AvgIpc) is 2.81. The third-order valence-electron chi connectivity index (χ3n) is 2.85. The van der Waals surface area contributed by atoms with Gasteiger partial charge in [0.25, 0.3) is 9.05 Å². The Labute approximate surface area is 128 Å². The van der Waals surface area contributed by atoms with E-state index in [-0.39, 0.29) is 4.90 Å². The van der Waals surface area contributed by atoms with Gasteiger partial charge in [-0.05, 0) is 30.3 Å². The molecule has 0 fully saturated rings. The molecule has 4 nitrogen and oxygen atoms in total. The van der Waals surface area contributed by atoms with Crippen LogP contribution in [0.5, 0.6) is 0 Å². The van der Waals surface area contributed by atoms with Crippen LogP contribution in [-0.4, -0.2) is 18.4 Å². The Balaban J connectivity index is 2.13. The maximum absolute atomic E-state index is 11.3. The van der Waals surface area contributed by atoms with Gasteiger partial charge in [0.05, 0.1) is 15.9 Å². The van der Waals surface area contributed by atoms with Crippen molar-refractivity contribution in [2.75, 3.05) is 0 Å². The highest BCUT2D eigenvalue weighted by molar-refractivity contribution is 9.10. The molecule has 0 radical (unpaired) electrons. The third kappa shape index (κ3) is 2.59. The number of nitrogens with one attached hydrogen (secondary N) is 1. The number of hydrogen-bond donors (Lipinski definition) is 1. The fraction of sp³-hybridized carbons (Fsp3) is 0. The molecule has 1 aromatic heterocycles. The molecule has 0 aliphatic rings. The first kappa shape index (κ1) is 13.6. The lowest BCUT2D eigenvalue weighted by atomic mass is 10.2. The Morgan fingerprint density at radius 2 is 1.80 bits per heavy atom. The van der Waals surface area contributed by atoms with E-state index >= 15 is 0 Å². The SMILES string of the molecule is O=S(=O)(Cl)c1ccc2nc(-c3ccc(Br)cc3)[nH]c2c1. The van der Waals surface area contributed by atoms with Gasteiger partial charge in [-0.25, -0.2) is 13.4 Å². The zero-order valence-corrected chi connectivity index (χ0v) is 13.1. The summed E-state index contributed by atoms with van der Waals surface area (Å²) in [6.07, 6.45) is 0. The summed E-state index contributed by atoms with van der Waals surface area (Å²) in [5, 5.41) is 0. The second kappa shape index (κ2) is 4.87. The number of benzene rings is 2. The maximum atomic E-state index is 11.3. The van der Waals surface area contributed by atoms with Crippen LogP contribution >= 0.6 is 26.6 Å². The molecular formula is C13H8BrClN2O2S. The van der Waals surface area contributed by atoms with Gasteiger partial charge in [0, 0.05) is 20.7 Å². The molecule has 0 saturated heterocycles. The summed E-state index contributed by atoms with van der Waals surface area (Å²) < 4.78 is 23.6. The van der Waals surface area contributed by atoms with Gasteiger partial charge in [-0.15, -0.1) is 0 Å². The number of hydrogen-bond acceptors (Lipinski definition) is 3. The summed E-state index contributed by atoms with van der Waals surface area (Å²) in [7, 11) is 1.60. The van der Waals surface area contributed by atoms with Crippen molar-refractivity contribution in [3.05, 3.63) is 46.9 Å². The topological polar surface area (TPSA) is 62.8 Å². The fourth-order valence-corrected chi connectivity index (χ4v) is 2.93. The molecular weight excluding hydrogens is 364 g/mol. The van der Waals surface area contributed by atoms with Crippen LogP contribution in [0.1, 0.15) is 0 Å². The van der Waals surface area contributed by atoms with Gasteiger partial charge in [-0.1, -0.05) is 28.1 Å². The van der Waals surface area contributed by atoms with Gasteiger partial charge in [-0.3, -0.25) is 0 Å². The van der Waals surface area contributed by atoms with E-state index in [4.69, 9.17) is 10.7 Å². The molecule has 0 unspecified atom stereocenters. The van der Waals surface area contributed by atoms with E-state index in [1.165, 1.54) is 12.1 Å². The van der Waals surface area contributed by atoms with Gasteiger partial charge in [0.1, 0.15) is 5.82 Å². The molecule has 3 aromatic rings. The molecule has 0 aliphatic heterocycles. The van der Waals surface area contributed by atoms with Gasteiger partial charge in [-0.2, -0.15) is 0 Å². The van der Waals surface area contributed by atoms with E-state index in [9.17, 15) is 8.42 Å². The minimum atomic E-state index is -3.74. The summed E-state index contributed by atoms with van der Waals surface area (Å²) >= 11 is 3.37. The monoisotopic (exact) mass is 370 g/mol. The highest BCUT2D eigenvalue weighted by atomic mass is 79.9. The normalized spacial score (nSPS) is 11.9. The van der Waals surface area contributed by atoms with Crippen LogP contribution in [0.25, 0.3) is 22.4 Å². The highest BCUT2D eigenvalue weighted by Gasteiger charge is 2.12. The zero-order valence-electron chi connectivity index (χ0n) is 9.97. The highest BCUT2D eigenvalue weighted by Crippen LogP contribution is 2.25. The quantitative estimate of drug-likeness (QED) is 0.694. The molecule has 0 spiro atoms. The summed E-state index contributed by atoms with van der Waals surface area (Å²) in [6, 6.07) is 12.2. The van der Waals surface area contributed by atoms with Crippen LogP contribution in [-0.2, 0) is 9.05 Å². The number of halogens is 2. The molecule has 0 aliphatic carbocycles. The maximum Gasteiger partial charge on any atom is 0.261 e. The third-order valence-corrected chi connectivity index (χ3v) is 4.73. The van der Waals surface area contributed by atoms with Crippen molar-refractivity contribution < 1.29 is 8.42 Å². The van der Waals surface area contributed by atoms with Crippen LogP contribution in [0.15, 0.2) is 51.8 Å². The Bertz CT molecular complexity index is 888. The van der Waals surface area contributed by atoms with Crippen molar-refractivity contribution in [1.82, 2.24) is 9.97 Å².